The number of aliphatic imine (C=N–C) groups is 4. The number of rotatable bonds is 3. The van der Waals surface area contributed by atoms with E-state index in [1.165, 1.54) is 0 Å². The van der Waals surface area contributed by atoms with E-state index in [-0.39, 0.29) is 0 Å². The predicted octanol–water partition coefficient (Wildman–Crippen LogP) is 5.89. The van der Waals surface area contributed by atoms with Crippen LogP contribution in [0.1, 0.15) is 5.56 Å². The Morgan fingerprint density at radius 1 is 0.571 bits per heavy atom. The van der Waals surface area contributed by atoms with Crippen molar-refractivity contribution in [3.05, 3.63) is 112 Å². The molecule has 0 unspecified atom stereocenters. The molecule has 0 aliphatic carbocycles. The van der Waals surface area contributed by atoms with Crippen LogP contribution in [0.4, 0.5) is 0 Å². The third-order valence-electron chi connectivity index (χ3n) is 5.80. The highest BCUT2D eigenvalue weighted by atomic mass is 79.9. The molecular formula is C28H19BrN4O2. The summed E-state index contributed by atoms with van der Waals surface area (Å²) in [4.78, 5) is 19.0. The van der Waals surface area contributed by atoms with Crippen molar-refractivity contribution in [3.8, 4) is 11.5 Å². The number of halogens is 1. The topological polar surface area (TPSA) is 67.9 Å². The maximum atomic E-state index is 5.57. The van der Waals surface area contributed by atoms with Crippen molar-refractivity contribution in [2.45, 2.75) is 0 Å². The van der Waals surface area contributed by atoms with Gasteiger partial charge in [0.2, 0.25) is 0 Å². The molecule has 5 aliphatic heterocycles. The summed E-state index contributed by atoms with van der Waals surface area (Å²) in [6.45, 7) is 0. The Morgan fingerprint density at radius 2 is 1.06 bits per heavy atom. The number of benzene rings is 1. The Balaban J connectivity index is 1.51. The van der Waals surface area contributed by atoms with Crippen molar-refractivity contribution in [2.24, 2.45) is 20.0 Å². The maximum absolute atomic E-state index is 5.57. The molecular weight excluding hydrogens is 504 g/mol. The summed E-state index contributed by atoms with van der Waals surface area (Å²) < 4.78 is 11.9. The molecule has 0 fully saturated rings. The molecule has 35 heavy (non-hydrogen) atoms. The average Bonchev–Trinajstić information content (AvgIpc) is 3.64. The van der Waals surface area contributed by atoms with Gasteiger partial charge in [0.05, 0.1) is 59.9 Å². The zero-order valence-electron chi connectivity index (χ0n) is 19.0. The summed E-state index contributed by atoms with van der Waals surface area (Å²) in [7, 11) is 3.27. The van der Waals surface area contributed by atoms with Gasteiger partial charge in [-0.1, -0.05) is 0 Å². The van der Waals surface area contributed by atoms with Crippen molar-refractivity contribution in [1.82, 2.24) is 0 Å². The zero-order valence-corrected chi connectivity index (χ0v) is 20.6. The largest absolute Gasteiger partial charge is 0.495 e. The fourth-order valence-corrected chi connectivity index (χ4v) is 4.71. The summed E-state index contributed by atoms with van der Waals surface area (Å²) in [5.74, 6) is 1.36. The minimum absolute atomic E-state index is 0.679. The first-order valence-electron chi connectivity index (χ1n) is 11.0. The lowest BCUT2D eigenvalue weighted by molar-refractivity contribution is 0.389. The minimum atomic E-state index is 0.679. The number of allylic oxidation sites excluding steroid dienone is 12. The van der Waals surface area contributed by atoms with Crippen LogP contribution in [0.25, 0.3) is 5.57 Å². The lowest BCUT2D eigenvalue weighted by Gasteiger charge is -2.12. The number of nitrogens with zero attached hydrogens (tertiary/aromatic N) is 4. The van der Waals surface area contributed by atoms with Crippen LogP contribution >= 0.6 is 15.9 Å². The Labute approximate surface area is 211 Å². The van der Waals surface area contributed by atoms with E-state index in [4.69, 9.17) is 24.5 Å². The van der Waals surface area contributed by atoms with Crippen LogP contribution in [0, 0.1) is 0 Å². The molecule has 6 nitrogen and oxygen atoms in total. The first-order chi connectivity index (χ1) is 17.1. The van der Waals surface area contributed by atoms with Gasteiger partial charge >= 0.3 is 0 Å². The molecule has 1 aromatic carbocycles. The van der Waals surface area contributed by atoms with Gasteiger partial charge < -0.3 is 9.47 Å². The highest BCUT2D eigenvalue weighted by Gasteiger charge is 2.21. The standard InChI is InChI=1S/C28H19BrN4O2/c1-34-26-9-16(10-27(35-2)28(26)29)24-14-23-13-21-6-5-19(31-21)11-17-3-4-18(30-17)12-20-7-8-22(32-20)15-25(24)33-23/h3-15H,1-2H3. The van der Waals surface area contributed by atoms with Gasteiger partial charge in [0, 0.05) is 5.57 Å². The van der Waals surface area contributed by atoms with Crippen LogP contribution in [0.15, 0.2) is 126 Å². The van der Waals surface area contributed by atoms with Crippen molar-refractivity contribution in [3.63, 3.8) is 0 Å². The number of ether oxygens (including phenoxy) is 2. The fraction of sp³-hybridized carbons (Fsp3) is 0.0714. The summed E-state index contributed by atoms with van der Waals surface area (Å²) in [6.07, 6.45) is 21.8. The SMILES string of the molecule is COc1cc(C2=CC3=CC4=NC(=CC5=NC(=CC6=NC(=CC2=N3)C=C6)C=C5)C=C4)cc(OC)c1Br. The highest BCUT2D eigenvalue weighted by molar-refractivity contribution is 9.10. The van der Waals surface area contributed by atoms with Crippen LogP contribution in [0.3, 0.4) is 0 Å². The smallest absolute Gasteiger partial charge is 0.137 e. The molecule has 8 bridgehead atoms. The van der Waals surface area contributed by atoms with Crippen LogP contribution < -0.4 is 9.47 Å². The molecule has 170 valence electrons. The van der Waals surface area contributed by atoms with E-state index in [0.29, 0.717) is 11.5 Å². The van der Waals surface area contributed by atoms with E-state index < -0.39 is 0 Å². The van der Waals surface area contributed by atoms with E-state index in [1.54, 1.807) is 14.2 Å². The van der Waals surface area contributed by atoms with Gasteiger partial charge in [-0.15, -0.1) is 0 Å². The second kappa shape index (κ2) is 8.60. The van der Waals surface area contributed by atoms with E-state index >= 15 is 0 Å². The summed E-state index contributed by atoms with van der Waals surface area (Å²) in [5.41, 5.74) is 8.52. The normalized spacial score (nSPS) is 19.3. The molecule has 0 radical (unpaired) electrons. The maximum Gasteiger partial charge on any atom is 0.137 e. The van der Waals surface area contributed by atoms with Crippen LogP contribution in [-0.4, -0.2) is 37.1 Å². The van der Waals surface area contributed by atoms with E-state index in [9.17, 15) is 0 Å². The molecule has 5 heterocycles. The van der Waals surface area contributed by atoms with Crippen molar-refractivity contribution >= 4 is 44.3 Å². The second-order valence-electron chi connectivity index (χ2n) is 8.14. The van der Waals surface area contributed by atoms with Crippen LogP contribution in [0.5, 0.6) is 11.5 Å². The Morgan fingerprint density at radius 3 is 1.57 bits per heavy atom. The molecule has 0 aromatic heterocycles. The van der Waals surface area contributed by atoms with E-state index in [0.717, 1.165) is 61.2 Å². The Hall–Kier alpha value is -4.10. The minimum Gasteiger partial charge on any atom is -0.495 e. The number of hydrogen-bond donors (Lipinski definition) is 0. The second-order valence-corrected chi connectivity index (χ2v) is 8.93. The lowest BCUT2D eigenvalue weighted by atomic mass is 10.00. The molecule has 0 spiro atoms. The van der Waals surface area contributed by atoms with E-state index in [2.05, 4.69) is 20.9 Å². The fourth-order valence-electron chi connectivity index (χ4n) is 4.15. The van der Waals surface area contributed by atoms with Gasteiger partial charge in [-0.25, -0.2) is 20.0 Å². The summed E-state index contributed by atoms with van der Waals surface area (Å²) in [6, 6.07) is 3.94. The van der Waals surface area contributed by atoms with Crippen molar-refractivity contribution < 1.29 is 9.47 Å². The molecule has 1 aromatic rings. The molecule has 0 saturated heterocycles. The van der Waals surface area contributed by atoms with Gasteiger partial charge in [-0.3, -0.25) is 0 Å². The molecule has 7 heteroatoms. The van der Waals surface area contributed by atoms with Gasteiger partial charge in [-0.05, 0) is 100 Å². The molecule has 0 saturated carbocycles. The number of fused-ring (bicyclic) bond motifs is 4. The van der Waals surface area contributed by atoms with Crippen molar-refractivity contribution in [1.29, 1.82) is 0 Å². The Bertz CT molecular complexity index is 1530. The zero-order chi connectivity index (χ0) is 23.9. The van der Waals surface area contributed by atoms with Gasteiger partial charge in [0.1, 0.15) is 16.0 Å². The van der Waals surface area contributed by atoms with Gasteiger partial charge in [0.15, 0.2) is 0 Å². The van der Waals surface area contributed by atoms with Crippen LogP contribution in [-0.2, 0) is 0 Å². The van der Waals surface area contributed by atoms with Crippen molar-refractivity contribution in [2.75, 3.05) is 14.2 Å². The quantitative estimate of drug-likeness (QED) is 0.496. The van der Waals surface area contributed by atoms with E-state index in [1.807, 2.05) is 79.0 Å². The lowest BCUT2D eigenvalue weighted by Crippen LogP contribution is -1.99. The van der Waals surface area contributed by atoms with Crippen LogP contribution in [0.2, 0.25) is 0 Å². The highest BCUT2D eigenvalue weighted by Crippen LogP contribution is 2.39. The molecule has 0 N–H and O–H groups in total. The monoisotopic (exact) mass is 522 g/mol. The van der Waals surface area contributed by atoms with Gasteiger partial charge in [0.25, 0.3) is 0 Å². The summed E-state index contributed by atoms with van der Waals surface area (Å²) >= 11 is 3.56. The third kappa shape index (κ3) is 4.15. The first-order valence-corrected chi connectivity index (χ1v) is 11.8. The van der Waals surface area contributed by atoms with Gasteiger partial charge in [-0.2, -0.15) is 0 Å². The molecule has 0 atom stereocenters. The molecule has 0 amide bonds. The average molecular weight is 523 g/mol. The molecule has 5 aliphatic rings. The number of methoxy groups -OCH3 is 2. The predicted molar refractivity (Wildman–Crippen MR) is 145 cm³/mol. The third-order valence-corrected chi connectivity index (χ3v) is 6.58. The molecule has 6 rings (SSSR count). The Kier molecular flexibility index (Phi) is 5.26. The summed E-state index contributed by atoms with van der Waals surface area (Å²) in [5, 5.41) is 0. The number of hydrogen-bond acceptors (Lipinski definition) is 6. The first kappa shape index (κ1) is 21.4.